The Bertz CT molecular complexity index is 692. The molecular formula is C9H8Cl2N2O7S. The lowest BCUT2D eigenvalue weighted by molar-refractivity contribution is -0.384. The quantitative estimate of drug-likeness (QED) is 0.498. The maximum absolute atomic E-state index is 12.0. The van der Waals surface area contributed by atoms with Gasteiger partial charge in [0.2, 0.25) is 10.0 Å². The number of nitrogens with one attached hydrogen (secondary N) is 1. The average Bonchev–Trinajstić information content (AvgIpc) is 2.34. The maximum atomic E-state index is 12.0. The van der Waals surface area contributed by atoms with E-state index in [2.05, 4.69) is 0 Å². The summed E-state index contributed by atoms with van der Waals surface area (Å²) < 4.78 is 25.6. The van der Waals surface area contributed by atoms with Crippen molar-refractivity contribution in [1.29, 1.82) is 0 Å². The molecule has 0 fully saturated rings. The summed E-state index contributed by atoms with van der Waals surface area (Å²) in [7, 11) is -4.51. The molecule has 0 aliphatic rings. The van der Waals surface area contributed by atoms with Gasteiger partial charge in [-0.15, -0.1) is 0 Å². The van der Waals surface area contributed by atoms with Crippen LogP contribution in [0.4, 0.5) is 5.69 Å². The van der Waals surface area contributed by atoms with E-state index < -0.39 is 49.2 Å². The molecule has 0 spiro atoms. The third-order valence-electron chi connectivity index (χ3n) is 2.28. The van der Waals surface area contributed by atoms with E-state index in [1.54, 1.807) is 4.72 Å². The number of sulfonamides is 1. The number of aliphatic hydroxyl groups is 1. The molecular weight excluding hydrogens is 351 g/mol. The second-order valence-corrected chi connectivity index (χ2v) is 6.13. The molecule has 0 heterocycles. The molecule has 1 aromatic rings. The van der Waals surface area contributed by atoms with E-state index in [0.29, 0.717) is 0 Å². The summed E-state index contributed by atoms with van der Waals surface area (Å²) in [6.07, 6.45) is 0. The minimum Gasteiger partial charge on any atom is -0.480 e. The lowest BCUT2D eigenvalue weighted by Crippen LogP contribution is -2.43. The van der Waals surface area contributed by atoms with Gasteiger partial charge in [-0.25, -0.2) is 8.42 Å². The highest BCUT2D eigenvalue weighted by molar-refractivity contribution is 7.89. The Labute approximate surface area is 128 Å². The summed E-state index contributed by atoms with van der Waals surface area (Å²) >= 11 is 11.2. The Morgan fingerprint density at radius 1 is 1.43 bits per heavy atom. The number of carbonyl (C=O) groups is 1. The van der Waals surface area contributed by atoms with Gasteiger partial charge in [-0.2, -0.15) is 4.72 Å². The van der Waals surface area contributed by atoms with Crippen LogP contribution in [0.3, 0.4) is 0 Å². The molecule has 0 unspecified atom stereocenters. The number of nitrogens with zero attached hydrogens (tertiary/aromatic N) is 1. The number of hydrogen-bond acceptors (Lipinski definition) is 6. The Morgan fingerprint density at radius 2 is 2.00 bits per heavy atom. The molecule has 0 amide bonds. The molecule has 1 rings (SSSR count). The molecule has 0 aliphatic carbocycles. The molecule has 12 heteroatoms. The monoisotopic (exact) mass is 358 g/mol. The van der Waals surface area contributed by atoms with Crippen molar-refractivity contribution < 1.29 is 28.3 Å². The number of hydrogen-bond donors (Lipinski definition) is 3. The van der Waals surface area contributed by atoms with E-state index >= 15 is 0 Å². The topological polar surface area (TPSA) is 147 Å². The molecule has 1 atom stereocenters. The van der Waals surface area contributed by atoms with Gasteiger partial charge in [0.1, 0.15) is 21.0 Å². The predicted molar refractivity (Wildman–Crippen MR) is 71.9 cm³/mol. The van der Waals surface area contributed by atoms with Gasteiger partial charge < -0.3 is 10.2 Å². The van der Waals surface area contributed by atoms with Gasteiger partial charge in [-0.3, -0.25) is 14.9 Å². The number of nitro benzene ring substituents is 1. The van der Waals surface area contributed by atoms with Gasteiger partial charge in [0.25, 0.3) is 0 Å². The van der Waals surface area contributed by atoms with Crippen LogP contribution in [0.2, 0.25) is 10.0 Å². The Morgan fingerprint density at radius 3 is 2.43 bits per heavy atom. The first-order valence-electron chi connectivity index (χ1n) is 5.10. The van der Waals surface area contributed by atoms with Gasteiger partial charge >= 0.3 is 11.7 Å². The number of benzene rings is 1. The van der Waals surface area contributed by atoms with Crippen molar-refractivity contribution in [2.24, 2.45) is 0 Å². The van der Waals surface area contributed by atoms with Gasteiger partial charge in [-0.1, -0.05) is 23.2 Å². The van der Waals surface area contributed by atoms with Crippen LogP contribution in [-0.2, 0) is 14.8 Å². The molecule has 21 heavy (non-hydrogen) atoms. The largest absolute Gasteiger partial charge is 0.480 e. The molecule has 0 saturated carbocycles. The van der Waals surface area contributed by atoms with E-state index in [-0.39, 0.29) is 5.02 Å². The minimum absolute atomic E-state index is 0.374. The molecule has 1 aromatic carbocycles. The molecule has 0 bridgehead atoms. The second-order valence-electron chi connectivity index (χ2n) is 3.66. The lowest BCUT2D eigenvalue weighted by Gasteiger charge is -2.13. The van der Waals surface area contributed by atoms with E-state index in [4.69, 9.17) is 33.4 Å². The van der Waals surface area contributed by atoms with Crippen LogP contribution in [0.15, 0.2) is 17.0 Å². The predicted octanol–water partition coefficient (Wildman–Crippen LogP) is 0.625. The van der Waals surface area contributed by atoms with E-state index in [0.717, 1.165) is 12.1 Å². The van der Waals surface area contributed by atoms with Crippen molar-refractivity contribution in [2.75, 3.05) is 6.61 Å². The smallest absolute Gasteiger partial charge is 0.324 e. The number of halogens is 2. The summed E-state index contributed by atoms with van der Waals surface area (Å²) in [5.74, 6) is -1.62. The highest BCUT2D eigenvalue weighted by Gasteiger charge is 2.31. The summed E-state index contributed by atoms with van der Waals surface area (Å²) in [6, 6.07) is 0.00584. The van der Waals surface area contributed by atoms with Crippen molar-refractivity contribution >= 4 is 44.9 Å². The van der Waals surface area contributed by atoms with E-state index in [1.807, 2.05) is 0 Å². The SMILES string of the molecule is O=C(O)[C@@H](CO)NS(=O)(=O)c1ccc(Cl)c([N+](=O)[O-])c1Cl. The molecule has 0 aliphatic heterocycles. The van der Waals surface area contributed by atoms with Gasteiger partial charge in [0.05, 0.1) is 11.5 Å². The fraction of sp³-hybridized carbons (Fsp3) is 0.222. The highest BCUT2D eigenvalue weighted by Crippen LogP contribution is 2.37. The summed E-state index contributed by atoms with van der Waals surface area (Å²) in [5.41, 5.74) is -0.822. The summed E-state index contributed by atoms with van der Waals surface area (Å²) in [4.78, 5) is 19.8. The third-order valence-corrected chi connectivity index (χ3v) is 4.60. The van der Waals surface area contributed by atoms with Crippen molar-refractivity contribution in [2.45, 2.75) is 10.9 Å². The number of aliphatic hydroxyl groups excluding tert-OH is 1. The molecule has 3 N–H and O–H groups in total. The molecule has 0 aromatic heterocycles. The molecule has 116 valence electrons. The van der Waals surface area contributed by atoms with Crippen molar-refractivity contribution in [1.82, 2.24) is 4.72 Å². The van der Waals surface area contributed by atoms with Crippen LogP contribution in [0.5, 0.6) is 0 Å². The summed E-state index contributed by atoms with van der Waals surface area (Å²) in [6.45, 7) is -1.01. The van der Waals surface area contributed by atoms with Gasteiger partial charge in [0.15, 0.2) is 0 Å². The van der Waals surface area contributed by atoms with Crippen LogP contribution < -0.4 is 4.72 Å². The van der Waals surface area contributed by atoms with E-state index in [9.17, 15) is 23.3 Å². The van der Waals surface area contributed by atoms with Crippen LogP contribution in [0.1, 0.15) is 0 Å². The first-order valence-corrected chi connectivity index (χ1v) is 7.34. The average molecular weight is 359 g/mol. The standard InChI is InChI=1S/C9H8Cl2N2O7S/c10-4-1-2-6(7(11)8(4)13(17)18)21(19,20)12-5(3-14)9(15)16/h1-2,5,12,14H,3H2,(H,15,16)/t5-/m1/s1. The third kappa shape index (κ3) is 3.80. The second kappa shape index (κ2) is 6.54. The number of carboxylic acid groups (broad SMARTS) is 1. The van der Waals surface area contributed by atoms with Crippen LogP contribution in [0.25, 0.3) is 0 Å². The van der Waals surface area contributed by atoms with Gasteiger partial charge in [0, 0.05) is 0 Å². The van der Waals surface area contributed by atoms with Crippen molar-refractivity contribution in [3.05, 3.63) is 32.3 Å². The van der Waals surface area contributed by atoms with E-state index in [1.165, 1.54) is 0 Å². The number of rotatable bonds is 6. The normalized spacial score (nSPS) is 12.9. The number of carboxylic acids is 1. The zero-order valence-corrected chi connectivity index (χ0v) is 12.3. The van der Waals surface area contributed by atoms with Gasteiger partial charge in [-0.05, 0) is 12.1 Å². The Kier molecular flexibility index (Phi) is 5.48. The van der Waals surface area contributed by atoms with Crippen LogP contribution in [-0.4, -0.2) is 42.2 Å². The Balaban J connectivity index is 3.36. The Hall–Kier alpha value is -1.46. The van der Waals surface area contributed by atoms with Crippen LogP contribution in [0, 0.1) is 10.1 Å². The zero-order valence-electron chi connectivity index (χ0n) is 9.99. The summed E-state index contributed by atoms with van der Waals surface area (Å²) in [5, 5.41) is 27.1. The lowest BCUT2D eigenvalue weighted by atomic mass is 10.3. The molecule has 9 nitrogen and oxygen atoms in total. The molecule has 0 saturated heterocycles. The maximum Gasteiger partial charge on any atom is 0.324 e. The molecule has 0 radical (unpaired) electrons. The fourth-order valence-corrected chi connectivity index (χ4v) is 3.38. The highest BCUT2D eigenvalue weighted by atomic mass is 35.5. The zero-order chi connectivity index (χ0) is 16.4. The fourth-order valence-electron chi connectivity index (χ4n) is 1.31. The van der Waals surface area contributed by atoms with Crippen molar-refractivity contribution in [3.8, 4) is 0 Å². The first kappa shape index (κ1) is 17.6. The number of nitro groups is 1. The minimum atomic E-state index is -4.51. The van der Waals surface area contributed by atoms with Crippen molar-refractivity contribution in [3.63, 3.8) is 0 Å². The first-order chi connectivity index (χ1) is 9.61. The number of aliphatic carboxylic acids is 1. The van der Waals surface area contributed by atoms with Crippen LogP contribution >= 0.6 is 23.2 Å².